The molecule has 0 atom stereocenters. The first-order valence-corrected chi connectivity index (χ1v) is 9.69. The second-order valence-corrected chi connectivity index (χ2v) is 8.22. The van der Waals surface area contributed by atoms with Crippen LogP contribution in [0.5, 0.6) is 0 Å². The zero-order chi connectivity index (χ0) is 17.3. The van der Waals surface area contributed by atoms with Gasteiger partial charge in [-0.1, -0.05) is 40.2 Å². The van der Waals surface area contributed by atoms with Gasteiger partial charge in [0.05, 0.1) is 22.3 Å². The summed E-state index contributed by atoms with van der Waals surface area (Å²) < 4.78 is 24.1. The van der Waals surface area contributed by atoms with Crippen molar-refractivity contribution in [3.63, 3.8) is 0 Å². The average molecular weight is 405 g/mol. The van der Waals surface area contributed by atoms with Crippen LogP contribution >= 0.6 is 15.9 Å². The predicted molar refractivity (Wildman–Crippen MR) is 96.5 cm³/mol. The average Bonchev–Trinajstić information content (AvgIpc) is 2.55. The molecule has 0 saturated carbocycles. The maximum Gasteiger partial charge on any atom is 0.208 e. The fourth-order valence-electron chi connectivity index (χ4n) is 2.38. The topological polar surface area (TPSA) is 79.9 Å². The molecule has 3 aromatic rings. The Morgan fingerprint density at radius 3 is 2.12 bits per heavy atom. The van der Waals surface area contributed by atoms with Gasteiger partial charge in [0, 0.05) is 16.3 Å². The van der Waals surface area contributed by atoms with Crippen LogP contribution in [0.25, 0.3) is 22.4 Å². The Balaban J connectivity index is 2.18. The van der Waals surface area contributed by atoms with Gasteiger partial charge in [-0.15, -0.1) is 0 Å². The van der Waals surface area contributed by atoms with Crippen LogP contribution in [0.4, 0.5) is 0 Å². The fourth-order valence-corrected chi connectivity index (χ4v) is 3.27. The third-order valence-electron chi connectivity index (χ3n) is 3.56. The minimum atomic E-state index is -3.28. The van der Waals surface area contributed by atoms with E-state index in [2.05, 4.69) is 26.1 Å². The van der Waals surface area contributed by atoms with E-state index in [9.17, 15) is 13.2 Å². The predicted octanol–water partition coefficient (Wildman–Crippen LogP) is 3.27. The summed E-state index contributed by atoms with van der Waals surface area (Å²) in [5.41, 5.74) is 2.24. The number of aromatic nitrogens is 2. The molecule has 0 spiro atoms. The summed E-state index contributed by atoms with van der Waals surface area (Å²) >= 11 is 3.38. The molecule has 0 amide bonds. The fraction of sp³-hybridized carbons (Fsp3) is 0.0588. The lowest BCUT2D eigenvalue weighted by Gasteiger charge is -2.09. The van der Waals surface area contributed by atoms with E-state index in [4.69, 9.17) is 0 Å². The number of nitrogens with one attached hydrogen (secondary N) is 1. The van der Waals surface area contributed by atoms with Gasteiger partial charge in [-0.05, 0) is 29.8 Å². The minimum absolute atomic E-state index is 0.210. The van der Waals surface area contributed by atoms with Crippen LogP contribution in [0.1, 0.15) is 0 Å². The van der Waals surface area contributed by atoms with Crippen molar-refractivity contribution in [3.8, 4) is 22.4 Å². The Bertz CT molecular complexity index is 1040. The lowest BCUT2D eigenvalue weighted by molar-refractivity contribution is 0.602. The van der Waals surface area contributed by atoms with Crippen molar-refractivity contribution in [2.45, 2.75) is 4.90 Å². The molecule has 0 aliphatic rings. The molecule has 0 unspecified atom stereocenters. The van der Waals surface area contributed by atoms with Crippen molar-refractivity contribution < 1.29 is 8.42 Å². The molecule has 24 heavy (non-hydrogen) atoms. The van der Waals surface area contributed by atoms with Crippen molar-refractivity contribution >= 4 is 25.8 Å². The largest absolute Gasteiger partial charge is 0.287 e. The van der Waals surface area contributed by atoms with Gasteiger partial charge in [0.25, 0.3) is 0 Å². The highest BCUT2D eigenvalue weighted by Gasteiger charge is 2.14. The van der Waals surface area contributed by atoms with Crippen molar-refractivity contribution in [1.29, 1.82) is 0 Å². The smallest absolute Gasteiger partial charge is 0.208 e. The third kappa shape index (κ3) is 3.32. The van der Waals surface area contributed by atoms with Crippen molar-refractivity contribution in [1.82, 2.24) is 10.2 Å². The Labute approximate surface area is 147 Å². The van der Waals surface area contributed by atoms with E-state index in [0.717, 1.165) is 16.3 Å². The Kier molecular flexibility index (Phi) is 4.38. The van der Waals surface area contributed by atoms with E-state index in [1.54, 1.807) is 12.1 Å². The number of nitrogens with zero attached hydrogens (tertiary/aromatic N) is 1. The molecule has 1 N–H and O–H groups in total. The van der Waals surface area contributed by atoms with Gasteiger partial charge in [0.2, 0.25) is 5.43 Å². The molecule has 7 heteroatoms. The highest BCUT2D eigenvalue weighted by Crippen LogP contribution is 2.28. The molecule has 0 radical (unpaired) electrons. The molecule has 0 saturated heterocycles. The van der Waals surface area contributed by atoms with Crippen LogP contribution in [0.2, 0.25) is 0 Å². The summed E-state index contributed by atoms with van der Waals surface area (Å²) in [6.45, 7) is 0. The molecular formula is C17H13BrN2O3S. The molecule has 3 rings (SSSR count). The second-order valence-electron chi connectivity index (χ2n) is 5.29. The molecular weight excluding hydrogens is 392 g/mol. The molecule has 1 heterocycles. The number of rotatable bonds is 3. The van der Waals surface area contributed by atoms with Gasteiger partial charge >= 0.3 is 0 Å². The van der Waals surface area contributed by atoms with Gasteiger partial charge in [-0.3, -0.25) is 9.89 Å². The van der Waals surface area contributed by atoms with E-state index < -0.39 is 9.84 Å². The number of sulfone groups is 1. The SMILES string of the molecule is CS(=O)(=O)c1ccc(-c2c(-c3ccc(Br)cc3)[nH]ncc2=O)cc1. The number of H-pyrrole nitrogens is 1. The number of hydrogen-bond donors (Lipinski definition) is 1. The maximum absolute atomic E-state index is 12.4. The van der Waals surface area contributed by atoms with Gasteiger partial charge in [0.15, 0.2) is 9.84 Å². The van der Waals surface area contributed by atoms with Crippen molar-refractivity contribution in [2.75, 3.05) is 6.26 Å². The van der Waals surface area contributed by atoms with Gasteiger partial charge in [-0.2, -0.15) is 5.10 Å². The lowest BCUT2D eigenvalue weighted by Crippen LogP contribution is -2.09. The van der Waals surface area contributed by atoms with Crippen LogP contribution < -0.4 is 5.43 Å². The lowest BCUT2D eigenvalue weighted by atomic mass is 10.00. The van der Waals surface area contributed by atoms with E-state index in [0.29, 0.717) is 16.8 Å². The van der Waals surface area contributed by atoms with Crippen LogP contribution in [-0.4, -0.2) is 24.9 Å². The summed E-state index contributed by atoms with van der Waals surface area (Å²) in [7, 11) is -3.28. The van der Waals surface area contributed by atoms with E-state index in [1.165, 1.54) is 18.3 Å². The van der Waals surface area contributed by atoms with Gasteiger partial charge in [0.1, 0.15) is 0 Å². The first kappa shape index (κ1) is 16.6. The second kappa shape index (κ2) is 6.33. The number of aromatic amines is 1. The molecule has 0 fully saturated rings. The molecule has 0 aliphatic heterocycles. The minimum Gasteiger partial charge on any atom is -0.287 e. The number of hydrogen-bond acceptors (Lipinski definition) is 4. The van der Waals surface area contributed by atoms with Crippen LogP contribution in [0.15, 0.2) is 68.9 Å². The number of halogens is 1. The normalized spacial score (nSPS) is 11.4. The van der Waals surface area contributed by atoms with Crippen molar-refractivity contribution in [3.05, 3.63) is 69.4 Å². The zero-order valence-corrected chi connectivity index (χ0v) is 15.1. The molecule has 2 aromatic carbocycles. The quantitative estimate of drug-likeness (QED) is 0.726. The standard InChI is InChI=1S/C17H13BrN2O3S/c1-24(22,23)14-8-4-11(5-9-14)16-15(21)10-19-20-17(16)12-2-6-13(18)7-3-12/h2-10H,1H3,(H,20,21). The van der Waals surface area contributed by atoms with E-state index in [1.807, 2.05) is 24.3 Å². The summed E-state index contributed by atoms with van der Waals surface area (Å²) in [5, 5.41) is 6.75. The van der Waals surface area contributed by atoms with Crippen LogP contribution in [0.3, 0.4) is 0 Å². The highest BCUT2D eigenvalue weighted by molar-refractivity contribution is 9.10. The molecule has 0 bridgehead atoms. The Hall–Kier alpha value is -2.25. The molecule has 5 nitrogen and oxygen atoms in total. The van der Waals surface area contributed by atoms with Crippen LogP contribution in [-0.2, 0) is 9.84 Å². The number of benzene rings is 2. The summed E-state index contributed by atoms with van der Waals surface area (Å²) in [6.07, 6.45) is 2.36. The Morgan fingerprint density at radius 2 is 1.54 bits per heavy atom. The highest BCUT2D eigenvalue weighted by atomic mass is 79.9. The summed E-state index contributed by atoms with van der Waals surface area (Å²) in [5.74, 6) is 0. The third-order valence-corrected chi connectivity index (χ3v) is 5.22. The zero-order valence-electron chi connectivity index (χ0n) is 12.7. The van der Waals surface area contributed by atoms with E-state index >= 15 is 0 Å². The first-order chi connectivity index (χ1) is 11.4. The first-order valence-electron chi connectivity index (χ1n) is 7.00. The molecule has 122 valence electrons. The monoisotopic (exact) mass is 404 g/mol. The van der Waals surface area contributed by atoms with Gasteiger partial charge < -0.3 is 0 Å². The van der Waals surface area contributed by atoms with Gasteiger partial charge in [-0.25, -0.2) is 8.42 Å². The summed E-state index contributed by atoms with van der Waals surface area (Å²) in [6, 6.07) is 13.7. The Morgan fingerprint density at radius 1 is 0.958 bits per heavy atom. The molecule has 0 aliphatic carbocycles. The maximum atomic E-state index is 12.4. The van der Waals surface area contributed by atoms with E-state index in [-0.39, 0.29) is 10.3 Å². The van der Waals surface area contributed by atoms with Crippen LogP contribution in [0, 0.1) is 0 Å². The molecule has 1 aromatic heterocycles. The summed E-state index contributed by atoms with van der Waals surface area (Å²) in [4.78, 5) is 12.6. The van der Waals surface area contributed by atoms with Crippen molar-refractivity contribution in [2.24, 2.45) is 0 Å².